The summed E-state index contributed by atoms with van der Waals surface area (Å²) < 4.78 is 4.25. The van der Waals surface area contributed by atoms with Crippen LogP contribution in [0.25, 0.3) is 0 Å². The number of primary amides is 2. The Morgan fingerprint density at radius 1 is 1.11 bits per heavy atom. The van der Waals surface area contributed by atoms with Crippen LogP contribution in [0.4, 0.5) is 0 Å². The number of hydrogen-bond acceptors (Lipinski definition) is 5. The highest BCUT2D eigenvalue weighted by molar-refractivity contribution is 5.85. The van der Waals surface area contributed by atoms with Crippen molar-refractivity contribution in [3.8, 4) is 0 Å². The molecule has 0 saturated heterocycles. The first kappa shape index (κ1) is 40.0. The van der Waals surface area contributed by atoms with Crippen molar-refractivity contribution in [1.29, 1.82) is 0 Å². The first-order valence-corrected chi connectivity index (χ1v) is 12.7. The Morgan fingerprint density at radius 3 is 1.80 bits per heavy atom. The van der Waals surface area contributed by atoms with Crippen LogP contribution in [0, 0.1) is 17.3 Å². The maximum absolute atomic E-state index is 10.7. The SMILES string of the molecule is C=O.CC.CC1(C)CC1.CCCCC/C=C\[C@@H]1C[C@@H]1C(N)=O.CC[C@H](NC(C)=O)C(N)=O.COC.[HH].[HH]. The summed E-state index contributed by atoms with van der Waals surface area (Å²) in [7, 11) is 3.25. The van der Waals surface area contributed by atoms with Gasteiger partial charge >= 0.3 is 0 Å². The molecule has 2 aliphatic rings. The summed E-state index contributed by atoms with van der Waals surface area (Å²) in [5.74, 6) is -0.256. The van der Waals surface area contributed by atoms with Gasteiger partial charge in [0.15, 0.2) is 0 Å². The van der Waals surface area contributed by atoms with Crippen LogP contribution in [-0.2, 0) is 23.9 Å². The molecule has 0 spiro atoms. The normalized spacial score (nSPS) is 18.4. The summed E-state index contributed by atoms with van der Waals surface area (Å²) in [6, 6.07) is -0.516. The molecule has 0 aromatic rings. The van der Waals surface area contributed by atoms with Gasteiger partial charge in [0.05, 0.1) is 0 Å². The van der Waals surface area contributed by atoms with Crippen LogP contribution in [0.15, 0.2) is 12.2 Å². The molecule has 8 heteroatoms. The van der Waals surface area contributed by atoms with Gasteiger partial charge in [-0.05, 0) is 49.9 Å². The van der Waals surface area contributed by atoms with E-state index < -0.39 is 11.9 Å². The van der Waals surface area contributed by atoms with Gasteiger partial charge in [-0.1, -0.05) is 66.5 Å². The van der Waals surface area contributed by atoms with Gasteiger partial charge in [0.25, 0.3) is 0 Å². The summed E-state index contributed by atoms with van der Waals surface area (Å²) in [4.78, 5) is 39.6. The standard InChI is InChI=1S/C11H19NO.C6H12N2O2.C5H10.C2H6O.C2H6.CH2O.2H2/c1-2-3-4-5-6-7-9-8-10(9)11(12)13;1-3-5(6(7)10)8-4(2)9;1-5(2)3-4-5;1-3-2;2*1-2;;/h6-7,9-10H,2-5,8H2,1H3,(H2,12,13);5H,3H2,1-2H3,(H2,7,10)(H,8,9);3-4H2,1-2H3;1-2H3;1-2H3;1H2;2*1H/b7-6-;;;;;;;/t9-,10+;5-;;;;;;/m10....../s1. The molecule has 212 valence electrons. The Hall–Kier alpha value is -2.22. The van der Waals surface area contributed by atoms with Gasteiger partial charge < -0.3 is 26.3 Å². The molecule has 0 unspecified atom stereocenters. The molecule has 2 rings (SSSR count). The van der Waals surface area contributed by atoms with Gasteiger partial charge in [0, 0.05) is 29.9 Å². The quantitative estimate of drug-likeness (QED) is 0.297. The van der Waals surface area contributed by atoms with E-state index in [1.54, 1.807) is 21.1 Å². The molecule has 3 atom stereocenters. The summed E-state index contributed by atoms with van der Waals surface area (Å²) in [5, 5.41) is 2.42. The van der Waals surface area contributed by atoms with E-state index in [1.807, 2.05) is 20.6 Å². The van der Waals surface area contributed by atoms with Crippen molar-refractivity contribution < 1.29 is 26.8 Å². The summed E-state index contributed by atoms with van der Waals surface area (Å²) >= 11 is 0. The van der Waals surface area contributed by atoms with E-state index in [9.17, 15) is 14.4 Å². The van der Waals surface area contributed by atoms with Crippen LogP contribution < -0.4 is 16.8 Å². The van der Waals surface area contributed by atoms with Gasteiger partial charge in [0.1, 0.15) is 12.8 Å². The summed E-state index contributed by atoms with van der Waals surface area (Å²) in [6.07, 6.45) is 13.7. The second kappa shape index (κ2) is 26.4. The number of allylic oxidation sites excluding steroid dienone is 2. The van der Waals surface area contributed by atoms with E-state index in [-0.39, 0.29) is 20.6 Å². The monoisotopic (exact) mass is 505 g/mol. The van der Waals surface area contributed by atoms with Crippen LogP contribution >= 0.6 is 0 Å². The molecule has 2 saturated carbocycles. The molecule has 5 N–H and O–H groups in total. The minimum Gasteiger partial charge on any atom is -0.388 e. The van der Waals surface area contributed by atoms with Crippen molar-refractivity contribution in [2.24, 2.45) is 28.7 Å². The molecule has 0 aromatic carbocycles. The lowest BCUT2D eigenvalue weighted by atomic mass is 10.2. The maximum Gasteiger partial charge on any atom is 0.239 e. The predicted molar refractivity (Wildman–Crippen MR) is 150 cm³/mol. The molecule has 0 aromatic heterocycles. The minimum atomic E-state index is -0.516. The van der Waals surface area contributed by atoms with Gasteiger partial charge in [-0.25, -0.2) is 0 Å². The fourth-order valence-electron chi connectivity index (χ4n) is 2.41. The third-order valence-corrected chi connectivity index (χ3v) is 4.94. The Morgan fingerprint density at radius 2 is 1.57 bits per heavy atom. The van der Waals surface area contributed by atoms with Crippen molar-refractivity contribution in [3.63, 3.8) is 0 Å². The number of carbonyl (C=O) groups is 4. The topological polar surface area (TPSA) is 142 Å². The van der Waals surface area contributed by atoms with Crippen molar-refractivity contribution in [3.05, 3.63) is 12.2 Å². The van der Waals surface area contributed by atoms with Crippen LogP contribution in [-0.4, -0.2) is 44.8 Å². The molecule has 0 bridgehead atoms. The number of ether oxygens (including phenoxy) is 1. The van der Waals surface area contributed by atoms with E-state index in [4.69, 9.17) is 16.3 Å². The first-order valence-electron chi connectivity index (χ1n) is 12.7. The molecule has 3 amide bonds. The van der Waals surface area contributed by atoms with Crippen molar-refractivity contribution in [2.75, 3.05) is 14.2 Å². The molecule has 8 nitrogen and oxygen atoms in total. The molecule has 35 heavy (non-hydrogen) atoms. The van der Waals surface area contributed by atoms with Crippen molar-refractivity contribution >= 4 is 24.5 Å². The van der Waals surface area contributed by atoms with Crippen LogP contribution in [0.3, 0.4) is 0 Å². The fourth-order valence-corrected chi connectivity index (χ4v) is 2.41. The molecular formula is C27H59N3O5. The zero-order chi connectivity index (χ0) is 28.4. The van der Waals surface area contributed by atoms with Crippen LogP contribution in [0.5, 0.6) is 0 Å². The number of rotatable bonds is 9. The molecule has 2 aliphatic carbocycles. The average Bonchev–Trinajstić information content (AvgIpc) is 3.73. The fraction of sp³-hybridized carbons (Fsp3) is 0.778. The molecule has 0 radical (unpaired) electrons. The van der Waals surface area contributed by atoms with Crippen molar-refractivity contribution in [1.82, 2.24) is 5.32 Å². The van der Waals surface area contributed by atoms with E-state index in [0.717, 1.165) is 18.3 Å². The third kappa shape index (κ3) is 31.8. The number of hydrogen-bond donors (Lipinski definition) is 3. The largest absolute Gasteiger partial charge is 0.388 e. The first-order chi connectivity index (χ1) is 16.4. The second-order valence-electron chi connectivity index (χ2n) is 8.97. The van der Waals surface area contributed by atoms with Crippen LogP contribution in [0.2, 0.25) is 0 Å². The van der Waals surface area contributed by atoms with E-state index in [1.165, 1.54) is 39.0 Å². The maximum atomic E-state index is 10.7. The predicted octanol–water partition coefficient (Wildman–Crippen LogP) is 5.03. The lowest BCUT2D eigenvalue weighted by Crippen LogP contribution is -2.42. The lowest BCUT2D eigenvalue weighted by Gasteiger charge is -2.10. The van der Waals surface area contributed by atoms with E-state index in [2.05, 4.69) is 43.0 Å². The Bertz CT molecular complexity index is 570. The zero-order valence-corrected chi connectivity index (χ0v) is 23.9. The van der Waals surface area contributed by atoms with Gasteiger partial charge in [-0.3, -0.25) is 14.4 Å². The van der Waals surface area contributed by atoms with Gasteiger partial charge in [-0.15, -0.1) is 0 Å². The van der Waals surface area contributed by atoms with Gasteiger partial charge in [0.2, 0.25) is 17.7 Å². The highest BCUT2D eigenvalue weighted by atomic mass is 16.4. The number of amides is 3. The Kier molecular flexibility index (Phi) is 30.1. The molecule has 2 fully saturated rings. The smallest absolute Gasteiger partial charge is 0.239 e. The minimum absolute atomic E-state index is 0. The Labute approximate surface area is 218 Å². The van der Waals surface area contributed by atoms with Gasteiger partial charge in [-0.2, -0.15) is 0 Å². The Balaban J connectivity index is -0.0000000889. The number of unbranched alkanes of at least 4 members (excludes halogenated alkanes) is 3. The summed E-state index contributed by atoms with van der Waals surface area (Å²) in [5.41, 5.74) is 10.9. The average molecular weight is 506 g/mol. The van der Waals surface area contributed by atoms with Crippen molar-refractivity contribution in [2.45, 2.75) is 106 Å². The lowest BCUT2D eigenvalue weighted by molar-refractivity contribution is -0.126. The molecule has 0 aliphatic heterocycles. The van der Waals surface area contributed by atoms with Crippen LogP contribution in [0.1, 0.15) is 103 Å². The number of carbonyl (C=O) groups excluding carboxylic acids is 4. The second-order valence-corrected chi connectivity index (χ2v) is 8.97. The molecular weight excluding hydrogens is 446 g/mol. The number of nitrogens with one attached hydrogen (secondary N) is 1. The third-order valence-electron chi connectivity index (χ3n) is 4.94. The zero-order valence-electron chi connectivity index (χ0n) is 23.9. The summed E-state index contributed by atoms with van der Waals surface area (Å²) in [6.45, 7) is 15.9. The highest BCUT2D eigenvalue weighted by Crippen LogP contribution is 2.43. The highest BCUT2D eigenvalue weighted by Gasteiger charge is 2.39. The number of nitrogens with two attached hydrogens (primary N) is 2. The number of methoxy groups -OCH3 is 1. The van der Waals surface area contributed by atoms with E-state index in [0.29, 0.717) is 12.3 Å². The molecule has 0 heterocycles. The van der Waals surface area contributed by atoms with E-state index >= 15 is 0 Å².